The standard InChI is InChI=1S/C11H10FN7/c1-18-6-8(5-14-18)19-11(15-16-17-19)9-3-2-7(13)4-10(9)12/h2-6H,13H2,1H3. The van der Waals surface area contributed by atoms with Crippen molar-refractivity contribution in [2.45, 2.75) is 0 Å². The van der Waals surface area contributed by atoms with Crippen LogP contribution in [0.15, 0.2) is 30.6 Å². The Hall–Kier alpha value is -2.77. The highest BCUT2D eigenvalue weighted by Crippen LogP contribution is 2.23. The fourth-order valence-corrected chi connectivity index (χ4v) is 1.76. The monoisotopic (exact) mass is 259 g/mol. The van der Waals surface area contributed by atoms with E-state index in [4.69, 9.17) is 5.73 Å². The summed E-state index contributed by atoms with van der Waals surface area (Å²) in [5.41, 5.74) is 6.80. The highest BCUT2D eigenvalue weighted by molar-refractivity contribution is 5.61. The van der Waals surface area contributed by atoms with E-state index in [0.717, 1.165) is 0 Å². The van der Waals surface area contributed by atoms with Crippen molar-refractivity contribution in [1.29, 1.82) is 0 Å². The van der Waals surface area contributed by atoms with Gasteiger partial charge in [0.1, 0.15) is 11.5 Å². The van der Waals surface area contributed by atoms with Crippen LogP contribution in [0.1, 0.15) is 0 Å². The van der Waals surface area contributed by atoms with Crippen LogP contribution in [0.5, 0.6) is 0 Å². The summed E-state index contributed by atoms with van der Waals surface area (Å²) in [5.74, 6) is -0.176. The SMILES string of the molecule is Cn1cc(-n2nnnc2-c2ccc(N)cc2F)cn1. The zero-order valence-electron chi connectivity index (χ0n) is 10.0. The molecule has 1 aromatic carbocycles. The van der Waals surface area contributed by atoms with Crippen molar-refractivity contribution < 1.29 is 4.39 Å². The maximum atomic E-state index is 13.9. The van der Waals surface area contributed by atoms with Crippen LogP contribution in [0, 0.1) is 5.82 Å². The van der Waals surface area contributed by atoms with Gasteiger partial charge in [0.25, 0.3) is 0 Å². The third-order valence-corrected chi connectivity index (χ3v) is 2.64. The third kappa shape index (κ3) is 1.92. The molecule has 0 unspecified atom stereocenters. The molecule has 0 aliphatic heterocycles. The number of rotatable bonds is 2. The second-order valence-corrected chi connectivity index (χ2v) is 4.03. The zero-order valence-corrected chi connectivity index (χ0v) is 10.0. The summed E-state index contributed by atoms with van der Waals surface area (Å²) >= 11 is 0. The summed E-state index contributed by atoms with van der Waals surface area (Å²) in [7, 11) is 1.78. The van der Waals surface area contributed by atoms with Gasteiger partial charge in [-0.2, -0.15) is 9.78 Å². The summed E-state index contributed by atoms with van der Waals surface area (Å²) in [5, 5.41) is 15.3. The smallest absolute Gasteiger partial charge is 0.190 e. The quantitative estimate of drug-likeness (QED) is 0.687. The van der Waals surface area contributed by atoms with Crippen molar-refractivity contribution in [1.82, 2.24) is 30.0 Å². The number of benzene rings is 1. The topological polar surface area (TPSA) is 87.4 Å². The van der Waals surface area contributed by atoms with Gasteiger partial charge in [0, 0.05) is 12.7 Å². The van der Waals surface area contributed by atoms with E-state index in [-0.39, 0.29) is 5.56 Å². The van der Waals surface area contributed by atoms with Gasteiger partial charge in [0.2, 0.25) is 0 Å². The first-order chi connectivity index (χ1) is 9.15. The van der Waals surface area contributed by atoms with Crippen molar-refractivity contribution >= 4 is 5.69 Å². The van der Waals surface area contributed by atoms with Gasteiger partial charge >= 0.3 is 0 Å². The van der Waals surface area contributed by atoms with E-state index in [1.807, 2.05) is 0 Å². The lowest BCUT2D eigenvalue weighted by molar-refractivity contribution is 0.629. The van der Waals surface area contributed by atoms with Gasteiger partial charge in [-0.25, -0.2) is 4.39 Å². The molecular weight excluding hydrogens is 249 g/mol. The molecule has 0 bridgehead atoms. The molecule has 19 heavy (non-hydrogen) atoms. The summed E-state index contributed by atoms with van der Waals surface area (Å²) in [4.78, 5) is 0. The fourth-order valence-electron chi connectivity index (χ4n) is 1.76. The van der Waals surface area contributed by atoms with Crippen molar-refractivity contribution in [3.63, 3.8) is 0 Å². The van der Waals surface area contributed by atoms with E-state index in [1.54, 1.807) is 36.3 Å². The Balaban J connectivity index is 2.14. The number of nitrogen functional groups attached to an aromatic ring is 1. The number of aromatic nitrogens is 6. The van der Waals surface area contributed by atoms with E-state index in [9.17, 15) is 4.39 Å². The first kappa shape index (κ1) is 11.3. The van der Waals surface area contributed by atoms with Crippen molar-refractivity contribution in [3.05, 3.63) is 36.4 Å². The summed E-state index contributed by atoms with van der Waals surface area (Å²) in [6.45, 7) is 0. The molecule has 0 radical (unpaired) electrons. The van der Waals surface area contributed by atoms with Gasteiger partial charge in [-0.15, -0.1) is 5.10 Å². The second kappa shape index (κ2) is 4.16. The Labute approximate surface area is 107 Å². The molecule has 3 aromatic rings. The van der Waals surface area contributed by atoms with E-state index < -0.39 is 5.82 Å². The summed E-state index contributed by atoms with van der Waals surface area (Å²) in [6, 6.07) is 4.38. The summed E-state index contributed by atoms with van der Waals surface area (Å²) in [6.07, 6.45) is 3.32. The predicted octanol–water partition coefficient (Wildman–Crippen LogP) is 0.784. The van der Waals surface area contributed by atoms with Gasteiger partial charge in [-0.3, -0.25) is 4.68 Å². The molecule has 96 valence electrons. The van der Waals surface area contributed by atoms with Gasteiger partial charge in [0.05, 0.1) is 18.0 Å². The van der Waals surface area contributed by atoms with Crippen LogP contribution in [0.25, 0.3) is 17.1 Å². The van der Waals surface area contributed by atoms with E-state index in [1.165, 1.54) is 10.7 Å². The van der Waals surface area contributed by atoms with Gasteiger partial charge < -0.3 is 5.73 Å². The fraction of sp³-hybridized carbons (Fsp3) is 0.0909. The minimum Gasteiger partial charge on any atom is -0.399 e. The number of hydrogen-bond acceptors (Lipinski definition) is 5. The number of nitrogens with zero attached hydrogens (tertiary/aromatic N) is 6. The van der Waals surface area contributed by atoms with Crippen LogP contribution >= 0.6 is 0 Å². The number of nitrogens with two attached hydrogens (primary N) is 1. The maximum absolute atomic E-state index is 13.9. The Morgan fingerprint density at radius 1 is 1.32 bits per heavy atom. The van der Waals surface area contributed by atoms with Crippen LogP contribution in [0.3, 0.4) is 0 Å². The highest BCUT2D eigenvalue weighted by Gasteiger charge is 2.15. The van der Waals surface area contributed by atoms with Gasteiger partial charge in [-0.1, -0.05) is 0 Å². The third-order valence-electron chi connectivity index (χ3n) is 2.64. The molecule has 0 atom stereocenters. The number of anilines is 1. The van der Waals surface area contributed by atoms with Crippen LogP contribution in [0.2, 0.25) is 0 Å². The van der Waals surface area contributed by atoms with Crippen molar-refractivity contribution in [3.8, 4) is 17.1 Å². The van der Waals surface area contributed by atoms with Crippen molar-refractivity contribution in [2.24, 2.45) is 7.05 Å². The van der Waals surface area contributed by atoms with Crippen LogP contribution in [-0.2, 0) is 7.05 Å². The molecule has 7 nitrogen and oxygen atoms in total. The molecular formula is C11H10FN7. The lowest BCUT2D eigenvalue weighted by atomic mass is 10.2. The largest absolute Gasteiger partial charge is 0.399 e. The molecule has 2 heterocycles. The number of tetrazole rings is 1. The molecule has 8 heteroatoms. The average Bonchev–Trinajstić information content (AvgIpc) is 2.97. The lowest BCUT2D eigenvalue weighted by Crippen LogP contribution is -2.00. The second-order valence-electron chi connectivity index (χ2n) is 4.03. The predicted molar refractivity (Wildman–Crippen MR) is 65.7 cm³/mol. The highest BCUT2D eigenvalue weighted by atomic mass is 19.1. The number of aryl methyl sites for hydroxylation is 1. The summed E-state index contributed by atoms with van der Waals surface area (Å²) < 4.78 is 16.9. The van der Waals surface area contributed by atoms with Gasteiger partial charge in [-0.05, 0) is 28.6 Å². The Morgan fingerprint density at radius 3 is 2.84 bits per heavy atom. The molecule has 3 rings (SSSR count). The van der Waals surface area contributed by atoms with Crippen LogP contribution < -0.4 is 5.73 Å². The number of halogens is 1. The molecule has 0 saturated heterocycles. The van der Waals surface area contributed by atoms with E-state index in [0.29, 0.717) is 17.2 Å². The van der Waals surface area contributed by atoms with Crippen molar-refractivity contribution in [2.75, 3.05) is 5.73 Å². The Bertz CT molecular complexity index is 730. The van der Waals surface area contributed by atoms with Crippen LogP contribution in [0.4, 0.5) is 10.1 Å². The number of hydrogen-bond donors (Lipinski definition) is 1. The lowest BCUT2D eigenvalue weighted by Gasteiger charge is -2.03. The molecule has 0 spiro atoms. The minimum absolute atomic E-state index is 0.281. The molecule has 0 aliphatic carbocycles. The average molecular weight is 259 g/mol. The zero-order chi connectivity index (χ0) is 13.4. The Morgan fingerprint density at radius 2 is 2.16 bits per heavy atom. The molecule has 0 aliphatic rings. The first-order valence-electron chi connectivity index (χ1n) is 5.48. The molecule has 2 N–H and O–H groups in total. The molecule has 2 aromatic heterocycles. The molecule has 0 fully saturated rings. The Kier molecular flexibility index (Phi) is 2.48. The van der Waals surface area contributed by atoms with Gasteiger partial charge in [0.15, 0.2) is 5.82 Å². The minimum atomic E-state index is -0.472. The van der Waals surface area contributed by atoms with Crippen LogP contribution in [-0.4, -0.2) is 30.0 Å². The van der Waals surface area contributed by atoms with E-state index >= 15 is 0 Å². The van der Waals surface area contributed by atoms with E-state index in [2.05, 4.69) is 20.6 Å². The normalized spacial score (nSPS) is 10.8. The molecule has 0 amide bonds. The maximum Gasteiger partial charge on any atom is 0.190 e. The first-order valence-corrected chi connectivity index (χ1v) is 5.48. The molecule has 0 saturated carbocycles.